The Morgan fingerprint density at radius 1 is 1.39 bits per heavy atom. The minimum Gasteiger partial charge on any atom is -0.469 e. The van der Waals surface area contributed by atoms with E-state index >= 15 is 0 Å². The molecule has 0 radical (unpaired) electrons. The number of hydrogen-bond acceptors (Lipinski definition) is 5. The van der Waals surface area contributed by atoms with Gasteiger partial charge < -0.3 is 9.15 Å². The molecule has 2 heterocycles. The van der Waals surface area contributed by atoms with Crippen LogP contribution in [0, 0.1) is 6.92 Å². The average molecular weight is 254 g/mol. The van der Waals surface area contributed by atoms with Crippen molar-refractivity contribution >= 4 is 5.97 Å². The largest absolute Gasteiger partial charge is 0.469 e. The van der Waals surface area contributed by atoms with Crippen LogP contribution in [0.5, 0.6) is 0 Å². The monoisotopic (exact) mass is 254 g/mol. The molecule has 18 heavy (non-hydrogen) atoms. The molecule has 0 aliphatic carbocycles. The zero-order chi connectivity index (χ0) is 13.0. The number of carbonyl (C=O) groups is 1. The van der Waals surface area contributed by atoms with Crippen LogP contribution in [-0.2, 0) is 19.3 Å². The second-order valence-corrected chi connectivity index (χ2v) is 4.46. The molecular formula is C13H18O5. The minimum atomic E-state index is -0.282. The number of rotatable bonds is 3. The lowest BCUT2D eigenvalue weighted by Gasteiger charge is -2.13. The van der Waals surface area contributed by atoms with Gasteiger partial charge in [-0.1, -0.05) is 0 Å². The van der Waals surface area contributed by atoms with Crippen LogP contribution < -0.4 is 0 Å². The van der Waals surface area contributed by atoms with Gasteiger partial charge in [0.2, 0.25) is 0 Å². The predicted molar refractivity (Wildman–Crippen MR) is 62.6 cm³/mol. The fourth-order valence-electron chi connectivity index (χ4n) is 1.99. The quantitative estimate of drug-likeness (QED) is 0.613. The first kappa shape index (κ1) is 13.1. The van der Waals surface area contributed by atoms with Crippen LogP contribution in [0.3, 0.4) is 0 Å². The predicted octanol–water partition coefficient (Wildman–Crippen LogP) is 2.69. The van der Waals surface area contributed by atoms with Gasteiger partial charge in [0.15, 0.2) is 6.10 Å². The molecule has 1 aliphatic rings. The van der Waals surface area contributed by atoms with E-state index in [1.807, 2.05) is 19.1 Å². The molecular weight excluding hydrogens is 236 g/mol. The van der Waals surface area contributed by atoms with Crippen molar-refractivity contribution in [2.24, 2.45) is 0 Å². The van der Waals surface area contributed by atoms with E-state index in [4.69, 9.17) is 14.2 Å². The topological polar surface area (TPSA) is 57.9 Å². The summed E-state index contributed by atoms with van der Waals surface area (Å²) in [6, 6.07) is 3.79. The lowest BCUT2D eigenvalue weighted by Crippen LogP contribution is -2.17. The molecule has 1 aliphatic heterocycles. The average Bonchev–Trinajstić information content (AvgIpc) is 2.66. The van der Waals surface area contributed by atoms with Crippen molar-refractivity contribution < 1.29 is 23.7 Å². The zero-order valence-corrected chi connectivity index (χ0v) is 10.7. The molecule has 0 aromatic carbocycles. The van der Waals surface area contributed by atoms with E-state index in [1.54, 1.807) is 0 Å². The van der Waals surface area contributed by atoms with Crippen LogP contribution in [-0.4, -0.2) is 19.2 Å². The fourth-order valence-corrected chi connectivity index (χ4v) is 1.99. The number of methoxy groups -OCH3 is 1. The molecule has 1 aromatic rings. The van der Waals surface area contributed by atoms with Crippen molar-refractivity contribution in [3.05, 3.63) is 23.7 Å². The lowest BCUT2D eigenvalue weighted by atomic mass is 10.1. The van der Waals surface area contributed by atoms with Gasteiger partial charge in [0.25, 0.3) is 0 Å². The third-order valence-corrected chi connectivity index (χ3v) is 3.00. The maximum Gasteiger partial charge on any atom is 0.308 e. The summed E-state index contributed by atoms with van der Waals surface area (Å²) in [5, 5.41) is 0. The third-order valence-electron chi connectivity index (χ3n) is 3.00. The van der Waals surface area contributed by atoms with Crippen molar-refractivity contribution in [3.63, 3.8) is 0 Å². The highest BCUT2D eigenvalue weighted by Crippen LogP contribution is 2.30. The van der Waals surface area contributed by atoms with Crippen LogP contribution in [0.4, 0.5) is 0 Å². The Balaban J connectivity index is 1.90. The van der Waals surface area contributed by atoms with Gasteiger partial charge in [-0.05, 0) is 38.3 Å². The second-order valence-electron chi connectivity index (χ2n) is 4.46. The van der Waals surface area contributed by atoms with E-state index in [0.29, 0.717) is 0 Å². The first-order chi connectivity index (χ1) is 8.69. The van der Waals surface area contributed by atoms with Gasteiger partial charge in [-0.15, -0.1) is 0 Å². The van der Waals surface area contributed by atoms with Crippen LogP contribution in [0.2, 0.25) is 0 Å². The number of hydrogen-bond donors (Lipinski definition) is 0. The molecule has 2 rings (SSSR count). The van der Waals surface area contributed by atoms with E-state index in [2.05, 4.69) is 4.74 Å². The Hall–Kier alpha value is -1.33. The van der Waals surface area contributed by atoms with Crippen molar-refractivity contribution in [3.8, 4) is 0 Å². The normalized spacial score (nSPS) is 24.6. The summed E-state index contributed by atoms with van der Waals surface area (Å²) in [6.45, 7) is 1.89. The highest BCUT2D eigenvalue weighted by molar-refractivity contribution is 5.69. The summed E-state index contributed by atoms with van der Waals surface area (Å²) >= 11 is 0. The van der Waals surface area contributed by atoms with E-state index in [9.17, 15) is 4.79 Å². The molecule has 1 aromatic heterocycles. The van der Waals surface area contributed by atoms with E-state index < -0.39 is 0 Å². The van der Waals surface area contributed by atoms with Crippen LogP contribution in [0.25, 0.3) is 0 Å². The standard InChI is InChI=1S/C13H18O5/c1-9-6-7-11(16-9)12-5-3-4-10(17-18-12)8-13(14)15-2/h6-7,10,12H,3-5,8H2,1-2H3. The Kier molecular flexibility index (Phi) is 4.38. The fraction of sp³-hybridized carbons (Fsp3) is 0.615. The molecule has 2 atom stereocenters. The van der Waals surface area contributed by atoms with Gasteiger partial charge in [0.05, 0.1) is 13.5 Å². The van der Waals surface area contributed by atoms with E-state index in [-0.39, 0.29) is 24.6 Å². The molecule has 0 amide bonds. The molecule has 100 valence electrons. The Bertz CT molecular complexity index is 398. The van der Waals surface area contributed by atoms with Crippen molar-refractivity contribution in [2.45, 2.75) is 44.8 Å². The second kappa shape index (κ2) is 6.02. The van der Waals surface area contributed by atoms with Crippen molar-refractivity contribution in [1.82, 2.24) is 0 Å². The van der Waals surface area contributed by atoms with Crippen LogP contribution in [0.1, 0.15) is 43.3 Å². The minimum absolute atomic E-state index is 0.193. The maximum atomic E-state index is 11.2. The highest BCUT2D eigenvalue weighted by Gasteiger charge is 2.25. The summed E-state index contributed by atoms with van der Waals surface area (Å²) in [7, 11) is 1.37. The lowest BCUT2D eigenvalue weighted by molar-refractivity contribution is -0.349. The smallest absolute Gasteiger partial charge is 0.308 e. The molecule has 5 nitrogen and oxygen atoms in total. The number of aryl methyl sites for hydroxylation is 1. The van der Waals surface area contributed by atoms with Gasteiger partial charge in [-0.25, -0.2) is 9.78 Å². The summed E-state index contributed by atoms with van der Waals surface area (Å²) in [4.78, 5) is 21.8. The third kappa shape index (κ3) is 3.34. The van der Waals surface area contributed by atoms with E-state index in [1.165, 1.54) is 7.11 Å². The number of ether oxygens (including phenoxy) is 1. The first-order valence-corrected chi connectivity index (χ1v) is 6.14. The van der Waals surface area contributed by atoms with Gasteiger partial charge in [-0.2, -0.15) is 0 Å². The zero-order valence-electron chi connectivity index (χ0n) is 10.7. The van der Waals surface area contributed by atoms with Crippen LogP contribution >= 0.6 is 0 Å². The van der Waals surface area contributed by atoms with Gasteiger partial charge in [0, 0.05) is 0 Å². The van der Waals surface area contributed by atoms with Gasteiger partial charge >= 0.3 is 5.97 Å². The number of esters is 1. The molecule has 1 fully saturated rings. The molecule has 2 unspecified atom stereocenters. The highest BCUT2D eigenvalue weighted by atomic mass is 17.2. The van der Waals surface area contributed by atoms with Gasteiger partial charge in [-0.3, -0.25) is 4.79 Å². The molecule has 0 N–H and O–H groups in total. The number of furan rings is 1. The Morgan fingerprint density at radius 2 is 2.22 bits per heavy atom. The Morgan fingerprint density at radius 3 is 2.89 bits per heavy atom. The summed E-state index contributed by atoms with van der Waals surface area (Å²) in [5.74, 6) is 1.34. The first-order valence-electron chi connectivity index (χ1n) is 6.14. The maximum absolute atomic E-state index is 11.2. The summed E-state index contributed by atoms with van der Waals surface area (Å²) in [6.07, 6.45) is 2.32. The van der Waals surface area contributed by atoms with Crippen LogP contribution in [0.15, 0.2) is 16.5 Å². The molecule has 0 saturated carbocycles. The molecule has 5 heteroatoms. The number of carbonyl (C=O) groups excluding carboxylic acids is 1. The molecule has 0 bridgehead atoms. The molecule has 0 spiro atoms. The van der Waals surface area contributed by atoms with E-state index in [0.717, 1.165) is 30.8 Å². The summed E-state index contributed by atoms with van der Waals surface area (Å²) in [5.41, 5.74) is 0. The Labute approximate surface area is 106 Å². The van der Waals surface area contributed by atoms with Crippen molar-refractivity contribution in [1.29, 1.82) is 0 Å². The van der Waals surface area contributed by atoms with Gasteiger partial charge in [0.1, 0.15) is 17.6 Å². The summed E-state index contributed by atoms with van der Waals surface area (Å²) < 4.78 is 10.1. The molecule has 1 saturated heterocycles. The van der Waals surface area contributed by atoms with Crippen molar-refractivity contribution in [2.75, 3.05) is 7.11 Å². The SMILES string of the molecule is COC(=O)CC1CCCC(c2ccc(C)o2)OO1.